The first-order valence-corrected chi connectivity index (χ1v) is 8.95. The number of benzene rings is 1. The Morgan fingerprint density at radius 3 is 2.74 bits per heavy atom. The summed E-state index contributed by atoms with van der Waals surface area (Å²) in [6.07, 6.45) is 3.40. The summed E-state index contributed by atoms with van der Waals surface area (Å²) in [5, 5.41) is 0. The standard InChI is InChI=1S/C16H23N3O3S/c1-12(2)10-19-11-17-8-14(19)9-18-23(20,21)16-7-13(3)5-6-15(16)22-4/h5-8,11-12,18H,9-10H2,1-4H3. The summed E-state index contributed by atoms with van der Waals surface area (Å²) in [5.41, 5.74) is 1.69. The maximum Gasteiger partial charge on any atom is 0.244 e. The first-order valence-electron chi connectivity index (χ1n) is 7.47. The minimum Gasteiger partial charge on any atom is -0.495 e. The molecule has 2 aromatic rings. The van der Waals surface area contributed by atoms with Gasteiger partial charge in [-0.25, -0.2) is 18.1 Å². The predicted octanol–water partition coefficient (Wildman–Crippen LogP) is 2.33. The van der Waals surface area contributed by atoms with E-state index in [1.165, 1.54) is 7.11 Å². The Kier molecular flexibility index (Phi) is 5.43. The molecule has 126 valence electrons. The smallest absolute Gasteiger partial charge is 0.244 e. The second-order valence-electron chi connectivity index (χ2n) is 5.91. The van der Waals surface area contributed by atoms with Gasteiger partial charge in [0.15, 0.2) is 0 Å². The SMILES string of the molecule is COc1ccc(C)cc1S(=O)(=O)NCc1cncn1CC(C)C. The van der Waals surface area contributed by atoms with E-state index in [-0.39, 0.29) is 11.4 Å². The van der Waals surface area contributed by atoms with Gasteiger partial charge in [-0.2, -0.15) is 0 Å². The van der Waals surface area contributed by atoms with E-state index in [4.69, 9.17) is 4.74 Å². The number of nitrogens with one attached hydrogen (secondary N) is 1. The van der Waals surface area contributed by atoms with Gasteiger partial charge in [0, 0.05) is 12.7 Å². The Morgan fingerprint density at radius 2 is 2.09 bits per heavy atom. The van der Waals surface area contributed by atoms with Crippen LogP contribution in [0.2, 0.25) is 0 Å². The summed E-state index contributed by atoms with van der Waals surface area (Å²) in [4.78, 5) is 4.25. The largest absolute Gasteiger partial charge is 0.495 e. The van der Waals surface area contributed by atoms with Crippen LogP contribution in [0, 0.1) is 12.8 Å². The highest BCUT2D eigenvalue weighted by Gasteiger charge is 2.20. The van der Waals surface area contributed by atoms with E-state index in [0.717, 1.165) is 17.8 Å². The van der Waals surface area contributed by atoms with Gasteiger partial charge < -0.3 is 9.30 Å². The van der Waals surface area contributed by atoms with Gasteiger partial charge in [0.05, 0.1) is 25.7 Å². The molecular formula is C16H23N3O3S. The van der Waals surface area contributed by atoms with Crippen molar-refractivity contribution in [1.82, 2.24) is 14.3 Å². The first kappa shape index (κ1) is 17.5. The zero-order chi connectivity index (χ0) is 17.0. The molecular weight excluding hydrogens is 314 g/mol. The maximum atomic E-state index is 12.6. The normalized spacial score (nSPS) is 11.9. The molecule has 1 aromatic carbocycles. The number of imidazole rings is 1. The van der Waals surface area contributed by atoms with E-state index in [9.17, 15) is 8.42 Å². The lowest BCUT2D eigenvalue weighted by Gasteiger charge is -2.13. The van der Waals surface area contributed by atoms with E-state index in [0.29, 0.717) is 11.7 Å². The van der Waals surface area contributed by atoms with Crippen molar-refractivity contribution in [1.29, 1.82) is 0 Å². The van der Waals surface area contributed by atoms with Crippen LogP contribution in [0.25, 0.3) is 0 Å². The second-order valence-corrected chi connectivity index (χ2v) is 7.65. The monoisotopic (exact) mass is 337 g/mol. The van der Waals surface area contributed by atoms with E-state index >= 15 is 0 Å². The molecule has 1 aromatic heterocycles. The predicted molar refractivity (Wildman–Crippen MR) is 88.8 cm³/mol. The van der Waals surface area contributed by atoms with Crippen molar-refractivity contribution in [3.05, 3.63) is 42.0 Å². The van der Waals surface area contributed by atoms with E-state index in [2.05, 4.69) is 23.6 Å². The Balaban J connectivity index is 2.20. The lowest BCUT2D eigenvalue weighted by Crippen LogP contribution is -2.25. The van der Waals surface area contributed by atoms with Gasteiger partial charge in [0.2, 0.25) is 10.0 Å². The third-order valence-electron chi connectivity index (χ3n) is 3.41. The van der Waals surface area contributed by atoms with Gasteiger partial charge in [-0.3, -0.25) is 0 Å². The zero-order valence-electron chi connectivity index (χ0n) is 13.9. The minimum absolute atomic E-state index is 0.148. The fourth-order valence-electron chi connectivity index (χ4n) is 2.29. The summed E-state index contributed by atoms with van der Waals surface area (Å²) < 4.78 is 34.9. The van der Waals surface area contributed by atoms with Crippen LogP contribution in [0.15, 0.2) is 35.6 Å². The lowest BCUT2D eigenvalue weighted by molar-refractivity contribution is 0.402. The van der Waals surface area contributed by atoms with Crippen molar-refractivity contribution in [2.24, 2.45) is 5.92 Å². The maximum absolute atomic E-state index is 12.6. The molecule has 1 N–H and O–H groups in total. The molecule has 0 radical (unpaired) electrons. The van der Waals surface area contributed by atoms with Crippen molar-refractivity contribution in [2.45, 2.75) is 38.8 Å². The Labute approximate surface area is 137 Å². The van der Waals surface area contributed by atoms with Gasteiger partial charge in [0.25, 0.3) is 0 Å². The molecule has 6 nitrogen and oxygen atoms in total. The van der Waals surface area contributed by atoms with Crippen LogP contribution in [0.3, 0.4) is 0 Å². The van der Waals surface area contributed by atoms with Crippen LogP contribution in [0.1, 0.15) is 25.1 Å². The molecule has 2 rings (SSSR count). The van der Waals surface area contributed by atoms with E-state index < -0.39 is 10.0 Å². The molecule has 7 heteroatoms. The molecule has 1 heterocycles. The van der Waals surface area contributed by atoms with E-state index in [1.807, 2.05) is 17.6 Å². The molecule has 0 spiro atoms. The van der Waals surface area contributed by atoms with Crippen LogP contribution in [0.4, 0.5) is 0 Å². The number of aryl methyl sites for hydroxylation is 1. The molecule has 0 bridgehead atoms. The number of hydrogen-bond acceptors (Lipinski definition) is 4. The van der Waals surface area contributed by atoms with E-state index in [1.54, 1.807) is 24.7 Å². The van der Waals surface area contributed by atoms with Crippen LogP contribution < -0.4 is 9.46 Å². The van der Waals surface area contributed by atoms with Gasteiger partial charge >= 0.3 is 0 Å². The first-order chi connectivity index (χ1) is 10.8. The van der Waals surface area contributed by atoms with Gasteiger partial charge in [0.1, 0.15) is 10.6 Å². The highest BCUT2D eigenvalue weighted by atomic mass is 32.2. The summed E-state index contributed by atoms with van der Waals surface area (Å²) in [6.45, 7) is 7.03. The van der Waals surface area contributed by atoms with Gasteiger partial charge in [-0.1, -0.05) is 19.9 Å². The molecule has 0 saturated heterocycles. The molecule has 0 saturated carbocycles. The highest BCUT2D eigenvalue weighted by Crippen LogP contribution is 2.24. The fraction of sp³-hybridized carbons (Fsp3) is 0.438. The Hall–Kier alpha value is -1.86. The molecule has 23 heavy (non-hydrogen) atoms. The van der Waals surface area contributed by atoms with Crippen molar-refractivity contribution in [3.8, 4) is 5.75 Å². The van der Waals surface area contributed by atoms with Crippen molar-refractivity contribution in [3.63, 3.8) is 0 Å². The molecule has 0 amide bonds. The van der Waals surface area contributed by atoms with Crippen LogP contribution in [-0.2, 0) is 23.1 Å². The molecule has 0 aliphatic rings. The third-order valence-corrected chi connectivity index (χ3v) is 4.83. The van der Waals surface area contributed by atoms with Gasteiger partial charge in [-0.05, 0) is 30.5 Å². The number of hydrogen-bond donors (Lipinski definition) is 1. The summed E-state index contributed by atoms with van der Waals surface area (Å²) >= 11 is 0. The summed E-state index contributed by atoms with van der Waals surface area (Å²) in [6, 6.07) is 5.08. The number of sulfonamides is 1. The Bertz CT molecular complexity index is 767. The zero-order valence-corrected chi connectivity index (χ0v) is 14.7. The average Bonchev–Trinajstić information content (AvgIpc) is 2.91. The molecule has 0 atom stereocenters. The fourth-order valence-corrected chi connectivity index (χ4v) is 3.54. The second kappa shape index (κ2) is 7.14. The number of aromatic nitrogens is 2. The van der Waals surface area contributed by atoms with Crippen molar-refractivity contribution >= 4 is 10.0 Å². The molecule has 0 aliphatic carbocycles. The molecule has 0 fully saturated rings. The van der Waals surface area contributed by atoms with Crippen LogP contribution in [0.5, 0.6) is 5.75 Å². The number of nitrogens with zero attached hydrogens (tertiary/aromatic N) is 2. The van der Waals surface area contributed by atoms with Crippen LogP contribution in [-0.4, -0.2) is 25.1 Å². The minimum atomic E-state index is -3.66. The molecule has 0 aliphatic heterocycles. The summed E-state index contributed by atoms with van der Waals surface area (Å²) in [5.74, 6) is 0.787. The topological polar surface area (TPSA) is 73.2 Å². The van der Waals surface area contributed by atoms with Crippen molar-refractivity contribution in [2.75, 3.05) is 7.11 Å². The molecule has 0 unspecified atom stereocenters. The van der Waals surface area contributed by atoms with Gasteiger partial charge in [-0.15, -0.1) is 0 Å². The third kappa shape index (κ3) is 4.33. The quantitative estimate of drug-likeness (QED) is 0.841. The lowest BCUT2D eigenvalue weighted by atomic mass is 10.2. The highest BCUT2D eigenvalue weighted by molar-refractivity contribution is 7.89. The number of ether oxygens (including phenoxy) is 1. The number of rotatable bonds is 7. The van der Waals surface area contributed by atoms with Crippen molar-refractivity contribution < 1.29 is 13.2 Å². The Morgan fingerprint density at radius 1 is 1.35 bits per heavy atom. The summed E-state index contributed by atoms with van der Waals surface area (Å²) in [7, 11) is -2.20. The van der Waals surface area contributed by atoms with Crippen LogP contribution >= 0.6 is 0 Å². The average molecular weight is 337 g/mol. The number of methoxy groups -OCH3 is 1.